The van der Waals surface area contributed by atoms with Crippen LogP contribution in [-0.4, -0.2) is 10.9 Å². The highest BCUT2D eigenvalue weighted by molar-refractivity contribution is 9.10. The van der Waals surface area contributed by atoms with Gasteiger partial charge in [-0.25, -0.2) is 0 Å². The molecule has 1 heterocycles. The summed E-state index contributed by atoms with van der Waals surface area (Å²) in [6.45, 7) is 0. The molecule has 1 nitrogen and oxygen atoms in total. The van der Waals surface area contributed by atoms with Gasteiger partial charge in [0.05, 0.1) is 0 Å². The molecule has 1 aromatic rings. The first-order chi connectivity index (χ1) is 7.79. The lowest BCUT2D eigenvalue weighted by molar-refractivity contribution is 0.366. The van der Waals surface area contributed by atoms with E-state index < -0.39 is 0 Å². The Morgan fingerprint density at radius 2 is 2.12 bits per heavy atom. The van der Waals surface area contributed by atoms with Crippen molar-refractivity contribution in [2.24, 2.45) is 11.8 Å². The van der Waals surface area contributed by atoms with Crippen molar-refractivity contribution in [2.75, 3.05) is 5.88 Å². The Morgan fingerprint density at radius 3 is 2.69 bits per heavy atom. The molecule has 1 saturated carbocycles. The summed E-state index contributed by atoms with van der Waals surface area (Å²) in [4.78, 5) is 4.43. The zero-order valence-corrected chi connectivity index (χ0v) is 11.7. The lowest BCUT2D eigenvalue weighted by Gasteiger charge is -2.20. The summed E-state index contributed by atoms with van der Waals surface area (Å²) in [6.07, 6.45) is 8.37. The van der Waals surface area contributed by atoms with E-state index in [4.69, 9.17) is 11.6 Å². The number of hydrogen-bond acceptors (Lipinski definition) is 1. The van der Waals surface area contributed by atoms with Gasteiger partial charge in [-0.15, -0.1) is 11.6 Å². The zero-order valence-electron chi connectivity index (χ0n) is 9.33. The first kappa shape index (κ1) is 12.4. The number of halogens is 2. The average molecular weight is 303 g/mol. The maximum absolute atomic E-state index is 6.09. The highest BCUT2D eigenvalue weighted by Crippen LogP contribution is 2.33. The van der Waals surface area contributed by atoms with Crippen LogP contribution in [0.3, 0.4) is 0 Å². The quantitative estimate of drug-likeness (QED) is 0.750. The van der Waals surface area contributed by atoms with Crippen molar-refractivity contribution >= 4 is 27.5 Å². The molecule has 0 amide bonds. The number of alkyl halides is 1. The Bertz CT molecular complexity index is 319. The number of aromatic nitrogens is 1. The third-order valence-corrected chi connectivity index (χ3v) is 4.39. The monoisotopic (exact) mass is 301 g/mol. The van der Waals surface area contributed by atoms with Crippen LogP contribution in [0.15, 0.2) is 22.8 Å². The molecular weight excluding hydrogens is 286 g/mol. The van der Waals surface area contributed by atoms with Gasteiger partial charge in [-0.2, -0.15) is 0 Å². The normalized spacial score (nSPS) is 18.9. The largest absolute Gasteiger partial charge is 0.260 e. The van der Waals surface area contributed by atoms with Crippen LogP contribution in [0.4, 0.5) is 0 Å². The van der Waals surface area contributed by atoms with Crippen molar-refractivity contribution in [1.82, 2.24) is 4.98 Å². The smallest absolute Gasteiger partial charge is 0.0413 e. The predicted molar refractivity (Wildman–Crippen MR) is 71.8 cm³/mol. The van der Waals surface area contributed by atoms with Gasteiger partial charge < -0.3 is 0 Å². The summed E-state index contributed by atoms with van der Waals surface area (Å²) in [7, 11) is 0. The molecular formula is C13H17BrClN. The minimum absolute atomic E-state index is 0.609. The molecule has 1 atom stereocenters. The van der Waals surface area contributed by atoms with Crippen LogP contribution in [0.1, 0.15) is 31.4 Å². The molecule has 1 aromatic heterocycles. The molecule has 0 spiro atoms. The van der Waals surface area contributed by atoms with Crippen molar-refractivity contribution in [3.63, 3.8) is 0 Å². The molecule has 0 bridgehead atoms. The molecule has 2 rings (SSSR count). The van der Waals surface area contributed by atoms with Crippen molar-refractivity contribution in [2.45, 2.75) is 32.1 Å². The van der Waals surface area contributed by atoms with Crippen LogP contribution >= 0.6 is 27.5 Å². The Hall–Kier alpha value is -0.0800. The Labute approximate surface area is 111 Å². The SMILES string of the molecule is ClCC(Cc1ccc(Br)cn1)C1CCCC1. The molecule has 16 heavy (non-hydrogen) atoms. The van der Waals surface area contributed by atoms with Crippen molar-refractivity contribution in [3.8, 4) is 0 Å². The minimum atomic E-state index is 0.609. The second-order valence-electron chi connectivity index (χ2n) is 4.63. The van der Waals surface area contributed by atoms with Gasteiger partial charge >= 0.3 is 0 Å². The summed E-state index contributed by atoms with van der Waals surface area (Å²) in [5, 5.41) is 0. The third kappa shape index (κ3) is 3.21. The zero-order chi connectivity index (χ0) is 11.4. The fourth-order valence-corrected chi connectivity index (χ4v) is 3.17. The van der Waals surface area contributed by atoms with Crippen molar-refractivity contribution in [1.29, 1.82) is 0 Å². The second kappa shape index (κ2) is 6.02. The van der Waals surface area contributed by atoms with Crippen LogP contribution in [0.5, 0.6) is 0 Å². The number of rotatable bonds is 4. The van der Waals surface area contributed by atoms with E-state index in [-0.39, 0.29) is 0 Å². The minimum Gasteiger partial charge on any atom is -0.260 e. The topological polar surface area (TPSA) is 12.9 Å². The van der Waals surface area contributed by atoms with Crippen LogP contribution in [0.25, 0.3) is 0 Å². The van der Waals surface area contributed by atoms with E-state index in [0.29, 0.717) is 5.92 Å². The third-order valence-electron chi connectivity index (χ3n) is 3.52. The molecule has 3 heteroatoms. The fourth-order valence-electron chi connectivity index (χ4n) is 2.57. The Kier molecular flexibility index (Phi) is 4.66. The first-order valence-electron chi connectivity index (χ1n) is 5.96. The summed E-state index contributed by atoms with van der Waals surface area (Å²) in [6, 6.07) is 4.15. The van der Waals surface area contributed by atoms with Gasteiger partial charge in [0, 0.05) is 22.2 Å². The van der Waals surface area contributed by atoms with E-state index in [2.05, 4.69) is 33.0 Å². The molecule has 0 aromatic carbocycles. The van der Waals surface area contributed by atoms with E-state index >= 15 is 0 Å². The summed E-state index contributed by atoms with van der Waals surface area (Å²) in [5.41, 5.74) is 1.17. The lowest BCUT2D eigenvalue weighted by atomic mass is 9.88. The van der Waals surface area contributed by atoms with Crippen LogP contribution in [0, 0.1) is 11.8 Å². The van der Waals surface area contributed by atoms with Crippen molar-refractivity contribution < 1.29 is 0 Å². The maximum Gasteiger partial charge on any atom is 0.0413 e. The molecule has 0 aliphatic heterocycles. The molecule has 88 valence electrons. The second-order valence-corrected chi connectivity index (χ2v) is 5.86. The van der Waals surface area contributed by atoms with E-state index in [1.807, 2.05) is 6.20 Å². The lowest BCUT2D eigenvalue weighted by Crippen LogP contribution is -2.17. The van der Waals surface area contributed by atoms with E-state index in [0.717, 1.165) is 22.7 Å². The van der Waals surface area contributed by atoms with E-state index in [9.17, 15) is 0 Å². The van der Waals surface area contributed by atoms with Gasteiger partial charge in [0.25, 0.3) is 0 Å². The predicted octanol–water partition coefficient (Wildman–Crippen LogP) is 4.43. The van der Waals surface area contributed by atoms with Gasteiger partial charge in [-0.3, -0.25) is 4.98 Å². The molecule has 1 aliphatic rings. The first-order valence-corrected chi connectivity index (χ1v) is 7.28. The Balaban J connectivity index is 1.97. The van der Waals surface area contributed by atoms with Crippen LogP contribution in [0.2, 0.25) is 0 Å². The van der Waals surface area contributed by atoms with Crippen LogP contribution in [-0.2, 0) is 6.42 Å². The highest BCUT2D eigenvalue weighted by atomic mass is 79.9. The molecule has 0 radical (unpaired) electrons. The van der Waals surface area contributed by atoms with Gasteiger partial charge in [0.1, 0.15) is 0 Å². The summed E-state index contributed by atoms with van der Waals surface area (Å²) in [5.74, 6) is 2.20. The average Bonchev–Trinajstić information content (AvgIpc) is 2.82. The van der Waals surface area contributed by atoms with Crippen molar-refractivity contribution in [3.05, 3.63) is 28.5 Å². The summed E-state index contributed by atoms with van der Waals surface area (Å²) >= 11 is 9.50. The number of nitrogens with zero attached hydrogens (tertiary/aromatic N) is 1. The standard InChI is InChI=1S/C13H17BrClN/c14-12-5-6-13(16-9-12)7-11(8-15)10-3-1-2-4-10/h5-6,9-11H,1-4,7-8H2. The molecule has 1 fully saturated rings. The molecule has 1 aliphatic carbocycles. The van der Waals surface area contributed by atoms with Gasteiger partial charge in [0.15, 0.2) is 0 Å². The van der Waals surface area contributed by atoms with E-state index in [1.54, 1.807) is 0 Å². The van der Waals surface area contributed by atoms with Gasteiger partial charge in [0.2, 0.25) is 0 Å². The highest BCUT2D eigenvalue weighted by Gasteiger charge is 2.24. The fraction of sp³-hybridized carbons (Fsp3) is 0.615. The van der Waals surface area contributed by atoms with E-state index in [1.165, 1.54) is 31.4 Å². The molecule has 0 saturated heterocycles. The Morgan fingerprint density at radius 1 is 1.38 bits per heavy atom. The molecule has 1 unspecified atom stereocenters. The maximum atomic E-state index is 6.09. The number of hydrogen-bond donors (Lipinski definition) is 0. The van der Waals surface area contributed by atoms with Crippen LogP contribution < -0.4 is 0 Å². The number of pyridine rings is 1. The van der Waals surface area contributed by atoms with Gasteiger partial charge in [-0.05, 0) is 46.3 Å². The van der Waals surface area contributed by atoms with Gasteiger partial charge in [-0.1, -0.05) is 25.7 Å². The summed E-state index contributed by atoms with van der Waals surface area (Å²) < 4.78 is 1.04. The molecule has 0 N–H and O–H groups in total.